The number of anilines is 1. The summed E-state index contributed by atoms with van der Waals surface area (Å²) in [5.41, 5.74) is 5.99. The van der Waals surface area contributed by atoms with Crippen LogP contribution in [0, 0.1) is 0 Å². The molecule has 2 amide bonds. The number of thiocarbonyl (C=S) groups is 1. The lowest BCUT2D eigenvalue weighted by Gasteiger charge is -2.11. The Morgan fingerprint density at radius 2 is 2.53 bits per heavy atom. The molecule has 1 fully saturated rings. The van der Waals surface area contributed by atoms with E-state index in [4.69, 9.17) is 22.7 Å². The maximum atomic E-state index is 11.6. The van der Waals surface area contributed by atoms with Crippen molar-refractivity contribution in [3.8, 4) is 0 Å². The fourth-order valence-electron chi connectivity index (χ4n) is 1.55. The van der Waals surface area contributed by atoms with Crippen LogP contribution in [0.25, 0.3) is 0 Å². The second-order valence-corrected chi connectivity index (χ2v) is 4.12. The van der Waals surface area contributed by atoms with E-state index in [0.29, 0.717) is 24.6 Å². The summed E-state index contributed by atoms with van der Waals surface area (Å²) in [5, 5.41) is 11.8. The molecule has 1 unspecified atom stereocenters. The number of carbonyl (C=O) groups is 1. The van der Waals surface area contributed by atoms with Gasteiger partial charge >= 0.3 is 6.03 Å². The molecule has 1 saturated heterocycles. The Bertz CT molecular complexity index is 427. The summed E-state index contributed by atoms with van der Waals surface area (Å²) >= 11 is 4.83. The van der Waals surface area contributed by atoms with Gasteiger partial charge in [-0.15, -0.1) is 0 Å². The van der Waals surface area contributed by atoms with Crippen LogP contribution < -0.4 is 16.4 Å². The monoisotopic (exact) mass is 255 g/mol. The van der Waals surface area contributed by atoms with Gasteiger partial charge in [0, 0.05) is 6.61 Å². The number of rotatable bonds is 3. The Kier molecular flexibility index (Phi) is 3.55. The first kappa shape index (κ1) is 11.8. The van der Waals surface area contributed by atoms with Crippen LogP contribution in [0.5, 0.6) is 0 Å². The van der Waals surface area contributed by atoms with E-state index >= 15 is 0 Å². The lowest BCUT2D eigenvalue weighted by molar-refractivity contribution is 0.189. The number of carbonyl (C=O) groups excluding carboxylic acids is 1. The third kappa shape index (κ3) is 2.92. The summed E-state index contributed by atoms with van der Waals surface area (Å²) in [4.78, 5) is 11.8. The van der Waals surface area contributed by atoms with Gasteiger partial charge in [-0.05, 0) is 6.42 Å². The topological polar surface area (TPSA) is 105 Å². The highest BCUT2D eigenvalue weighted by Gasteiger charge is 2.18. The van der Waals surface area contributed by atoms with Crippen LogP contribution in [-0.4, -0.2) is 40.5 Å². The summed E-state index contributed by atoms with van der Waals surface area (Å²) in [6, 6.07) is -0.284. The van der Waals surface area contributed by atoms with Gasteiger partial charge in [-0.2, -0.15) is 5.10 Å². The molecule has 1 atom stereocenters. The Labute approximate surface area is 103 Å². The summed E-state index contributed by atoms with van der Waals surface area (Å²) in [6.45, 7) is 1.21. The van der Waals surface area contributed by atoms with Gasteiger partial charge in [0.25, 0.3) is 0 Å². The van der Waals surface area contributed by atoms with Gasteiger partial charge < -0.3 is 15.8 Å². The van der Waals surface area contributed by atoms with E-state index in [-0.39, 0.29) is 17.1 Å². The molecule has 17 heavy (non-hydrogen) atoms. The van der Waals surface area contributed by atoms with Crippen molar-refractivity contribution in [3.63, 3.8) is 0 Å². The van der Waals surface area contributed by atoms with Gasteiger partial charge in [0.1, 0.15) is 10.8 Å². The Hall–Kier alpha value is -1.67. The molecule has 2 rings (SSSR count). The fourth-order valence-corrected chi connectivity index (χ4v) is 1.71. The van der Waals surface area contributed by atoms with Crippen molar-refractivity contribution in [1.29, 1.82) is 0 Å². The summed E-state index contributed by atoms with van der Waals surface area (Å²) in [5.74, 6) is 0.397. The number of ether oxygens (including phenoxy) is 1. The molecule has 7 nitrogen and oxygen atoms in total. The zero-order valence-electron chi connectivity index (χ0n) is 9.03. The summed E-state index contributed by atoms with van der Waals surface area (Å²) < 4.78 is 5.15. The molecule has 8 heteroatoms. The van der Waals surface area contributed by atoms with Crippen molar-refractivity contribution in [2.24, 2.45) is 5.73 Å². The standard InChI is InChI=1S/C9H13N5O2S/c10-7(17)6-3-11-14-8(6)13-9(15)12-5-1-2-16-4-5/h3,5H,1-2,4H2,(H2,10,17)(H3,11,12,13,14,15). The third-order valence-corrected chi connectivity index (χ3v) is 2.63. The third-order valence-electron chi connectivity index (χ3n) is 2.41. The number of nitrogens with zero attached hydrogens (tertiary/aromatic N) is 1. The van der Waals surface area contributed by atoms with Crippen LogP contribution in [0.15, 0.2) is 6.20 Å². The molecular weight excluding hydrogens is 242 g/mol. The minimum atomic E-state index is -0.331. The first-order valence-corrected chi connectivity index (χ1v) is 5.56. The number of hydrogen-bond donors (Lipinski definition) is 4. The predicted octanol–water partition coefficient (Wildman–Crippen LogP) is -0.0457. The second-order valence-electron chi connectivity index (χ2n) is 3.68. The van der Waals surface area contributed by atoms with E-state index < -0.39 is 0 Å². The Morgan fingerprint density at radius 1 is 1.71 bits per heavy atom. The predicted molar refractivity (Wildman–Crippen MR) is 65.9 cm³/mol. The highest BCUT2D eigenvalue weighted by atomic mass is 32.1. The van der Waals surface area contributed by atoms with E-state index in [1.54, 1.807) is 0 Å². The minimum Gasteiger partial charge on any atom is -0.389 e. The van der Waals surface area contributed by atoms with Crippen molar-refractivity contribution in [2.45, 2.75) is 12.5 Å². The van der Waals surface area contributed by atoms with Crippen LogP contribution in [0.3, 0.4) is 0 Å². The molecule has 2 heterocycles. The molecule has 0 radical (unpaired) electrons. The van der Waals surface area contributed by atoms with E-state index in [9.17, 15) is 4.79 Å². The van der Waals surface area contributed by atoms with Gasteiger partial charge in [0.2, 0.25) is 0 Å². The number of urea groups is 1. The quantitative estimate of drug-likeness (QED) is 0.567. The molecule has 1 aromatic rings. The number of aromatic nitrogens is 2. The number of nitrogens with two attached hydrogens (primary N) is 1. The van der Waals surface area contributed by atoms with Crippen LogP contribution in [-0.2, 0) is 4.74 Å². The van der Waals surface area contributed by atoms with Crippen molar-refractivity contribution >= 4 is 29.1 Å². The second kappa shape index (κ2) is 5.11. The molecule has 0 saturated carbocycles. The molecule has 1 aliphatic rings. The first-order valence-electron chi connectivity index (χ1n) is 5.15. The number of aromatic amines is 1. The van der Waals surface area contributed by atoms with Gasteiger partial charge in [-0.3, -0.25) is 10.4 Å². The average molecular weight is 255 g/mol. The minimum absolute atomic E-state index is 0.0474. The van der Waals surface area contributed by atoms with E-state index in [1.807, 2.05) is 0 Å². The molecule has 92 valence electrons. The highest BCUT2D eigenvalue weighted by molar-refractivity contribution is 7.80. The summed E-state index contributed by atoms with van der Waals surface area (Å²) in [6.07, 6.45) is 2.29. The van der Waals surface area contributed by atoms with Crippen molar-refractivity contribution in [2.75, 3.05) is 18.5 Å². The molecule has 0 aliphatic carbocycles. The molecular formula is C9H13N5O2S. The zero-order valence-corrected chi connectivity index (χ0v) is 9.84. The van der Waals surface area contributed by atoms with Gasteiger partial charge in [0.05, 0.1) is 24.4 Å². The zero-order chi connectivity index (χ0) is 12.3. The molecule has 0 spiro atoms. The SMILES string of the molecule is NC(=S)c1cn[nH]c1NC(=O)NC1CCOC1. The van der Waals surface area contributed by atoms with Crippen LogP contribution in [0.4, 0.5) is 10.6 Å². The summed E-state index contributed by atoms with van der Waals surface area (Å²) in [7, 11) is 0. The van der Waals surface area contributed by atoms with Crippen LogP contribution in [0.1, 0.15) is 12.0 Å². The maximum Gasteiger partial charge on any atom is 0.320 e. The molecule has 1 aliphatic heterocycles. The van der Waals surface area contributed by atoms with Gasteiger partial charge in [0.15, 0.2) is 0 Å². The van der Waals surface area contributed by atoms with E-state index in [2.05, 4.69) is 20.8 Å². The smallest absolute Gasteiger partial charge is 0.320 e. The maximum absolute atomic E-state index is 11.6. The Morgan fingerprint density at radius 3 is 3.18 bits per heavy atom. The van der Waals surface area contributed by atoms with Crippen molar-refractivity contribution in [3.05, 3.63) is 11.8 Å². The average Bonchev–Trinajstić information content (AvgIpc) is 2.88. The van der Waals surface area contributed by atoms with Crippen LogP contribution in [0.2, 0.25) is 0 Å². The van der Waals surface area contributed by atoms with Gasteiger partial charge in [-0.25, -0.2) is 4.79 Å². The first-order chi connectivity index (χ1) is 8.16. The normalized spacial score (nSPS) is 18.9. The number of amides is 2. The molecule has 1 aromatic heterocycles. The highest BCUT2D eigenvalue weighted by Crippen LogP contribution is 2.10. The number of hydrogen-bond acceptors (Lipinski definition) is 4. The number of nitrogens with one attached hydrogen (secondary N) is 3. The molecule has 0 bridgehead atoms. The van der Waals surface area contributed by atoms with Crippen molar-refractivity contribution < 1.29 is 9.53 Å². The largest absolute Gasteiger partial charge is 0.389 e. The van der Waals surface area contributed by atoms with E-state index in [0.717, 1.165) is 6.42 Å². The van der Waals surface area contributed by atoms with Crippen LogP contribution >= 0.6 is 12.2 Å². The lowest BCUT2D eigenvalue weighted by atomic mass is 10.3. The fraction of sp³-hybridized carbons (Fsp3) is 0.444. The van der Waals surface area contributed by atoms with Crippen molar-refractivity contribution in [1.82, 2.24) is 15.5 Å². The molecule has 5 N–H and O–H groups in total. The Balaban J connectivity index is 1.93. The van der Waals surface area contributed by atoms with E-state index in [1.165, 1.54) is 6.20 Å². The number of H-pyrrole nitrogens is 1. The van der Waals surface area contributed by atoms with Gasteiger partial charge in [-0.1, -0.05) is 12.2 Å². The lowest BCUT2D eigenvalue weighted by Crippen LogP contribution is -2.38. The molecule has 0 aromatic carbocycles.